The van der Waals surface area contributed by atoms with Gasteiger partial charge in [-0.15, -0.1) is 0 Å². The van der Waals surface area contributed by atoms with E-state index in [1.807, 2.05) is 0 Å². The Morgan fingerprint density at radius 2 is 1.69 bits per heavy atom. The lowest BCUT2D eigenvalue weighted by molar-refractivity contribution is 0.215. The molecule has 1 aliphatic heterocycles. The maximum atomic E-state index is 3.68. The van der Waals surface area contributed by atoms with Crippen LogP contribution in [0.25, 0.3) is 0 Å². The predicted octanol–water partition coefficient (Wildman–Crippen LogP) is 2.50. The van der Waals surface area contributed by atoms with Crippen LogP contribution in [0, 0.1) is 11.8 Å². The Hall–Kier alpha value is -0.0800. The molecule has 1 heterocycles. The molecule has 1 aliphatic carbocycles. The van der Waals surface area contributed by atoms with Crippen molar-refractivity contribution < 1.29 is 0 Å². The number of hydrogen-bond acceptors (Lipinski definition) is 2. The number of likely N-dealkylation sites (tertiary alicyclic amines) is 1. The molecular weight excluding hydrogens is 196 g/mol. The molecule has 16 heavy (non-hydrogen) atoms. The third-order valence-electron chi connectivity index (χ3n) is 4.48. The molecular formula is C14H28N2. The molecule has 0 bridgehead atoms. The highest BCUT2D eigenvalue weighted by Crippen LogP contribution is 2.26. The van der Waals surface area contributed by atoms with Gasteiger partial charge in [0.1, 0.15) is 0 Å². The maximum Gasteiger partial charge on any atom is -0.00187 e. The Morgan fingerprint density at radius 1 is 1.00 bits per heavy atom. The fourth-order valence-corrected chi connectivity index (χ4v) is 3.18. The lowest BCUT2D eigenvalue weighted by Crippen LogP contribution is -2.35. The van der Waals surface area contributed by atoms with Gasteiger partial charge in [0.15, 0.2) is 0 Å². The van der Waals surface area contributed by atoms with Crippen molar-refractivity contribution in [3.05, 3.63) is 0 Å². The second-order valence-corrected chi connectivity index (χ2v) is 5.89. The van der Waals surface area contributed by atoms with Gasteiger partial charge in [0, 0.05) is 0 Å². The Balaban J connectivity index is 1.48. The number of hydrogen-bond donors (Lipinski definition) is 1. The molecule has 0 aromatic carbocycles. The van der Waals surface area contributed by atoms with Crippen LogP contribution in [0.15, 0.2) is 0 Å². The highest BCUT2D eigenvalue weighted by Gasteiger charge is 2.17. The predicted molar refractivity (Wildman–Crippen MR) is 69.7 cm³/mol. The van der Waals surface area contributed by atoms with Gasteiger partial charge in [0.05, 0.1) is 0 Å². The van der Waals surface area contributed by atoms with Gasteiger partial charge in [-0.2, -0.15) is 0 Å². The standard InChI is InChI=1S/C14H28N2/c1-16-10-7-14(8-11-16)12-15-9-6-13-4-2-3-5-13/h13-15H,2-12H2,1H3. The fourth-order valence-electron chi connectivity index (χ4n) is 3.18. The summed E-state index contributed by atoms with van der Waals surface area (Å²) in [7, 11) is 2.24. The molecule has 0 unspecified atom stereocenters. The second-order valence-electron chi connectivity index (χ2n) is 5.89. The summed E-state index contributed by atoms with van der Waals surface area (Å²) in [6.07, 6.45) is 10.2. The van der Waals surface area contributed by atoms with E-state index in [-0.39, 0.29) is 0 Å². The van der Waals surface area contributed by atoms with E-state index in [0.29, 0.717) is 0 Å². The van der Waals surface area contributed by atoms with Gasteiger partial charge in [0.25, 0.3) is 0 Å². The van der Waals surface area contributed by atoms with E-state index in [2.05, 4.69) is 17.3 Å². The van der Waals surface area contributed by atoms with Crippen LogP contribution in [0.1, 0.15) is 44.9 Å². The minimum Gasteiger partial charge on any atom is -0.316 e. The van der Waals surface area contributed by atoms with Gasteiger partial charge in [-0.05, 0) is 64.3 Å². The molecule has 2 heteroatoms. The van der Waals surface area contributed by atoms with Gasteiger partial charge in [-0.25, -0.2) is 0 Å². The molecule has 0 amide bonds. The topological polar surface area (TPSA) is 15.3 Å². The SMILES string of the molecule is CN1CCC(CNCCC2CCCC2)CC1. The average molecular weight is 224 g/mol. The van der Waals surface area contributed by atoms with Crippen LogP contribution in [0.4, 0.5) is 0 Å². The van der Waals surface area contributed by atoms with Crippen LogP contribution in [-0.2, 0) is 0 Å². The summed E-state index contributed by atoms with van der Waals surface area (Å²) in [5, 5.41) is 3.68. The molecule has 0 spiro atoms. The van der Waals surface area contributed by atoms with Crippen LogP contribution in [0.2, 0.25) is 0 Å². The molecule has 0 radical (unpaired) electrons. The van der Waals surface area contributed by atoms with Crippen molar-refractivity contribution in [2.24, 2.45) is 11.8 Å². The van der Waals surface area contributed by atoms with Crippen LogP contribution >= 0.6 is 0 Å². The minimum absolute atomic E-state index is 0.944. The summed E-state index contributed by atoms with van der Waals surface area (Å²) in [6, 6.07) is 0. The lowest BCUT2D eigenvalue weighted by atomic mass is 9.97. The summed E-state index contributed by atoms with van der Waals surface area (Å²) in [6.45, 7) is 5.13. The van der Waals surface area contributed by atoms with Gasteiger partial charge in [0.2, 0.25) is 0 Å². The summed E-state index contributed by atoms with van der Waals surface area (Å²) in [4.78, 5) is 2.45. The summed E-state index contributed by atoms with van der Waals surface area (Å²) in [5.41, 5.74) is 0. The Kier molecular flexibility index (Phi) is 5.11. The van der Waals surface area contributed by atoms with E-state index in [1.54, 1.807) is 0 Å². The van der Waals surface area contributed by atoms with Crippen molar-refractivity contribution in [2.75, 3.05) is 33.2 Å². The molecule has 2 aliphatic rings. The van der Waals surface area contributed by atoms with Crippen LogP contribution in [0.3, 0.4) is 0 Å². The van der Waals surface area contributed by atoms with Crippen LogP contribution < -0.4 is 5.32 Å². The number of piperidine rings is 1. The van der Waals surface area contributed by atoms with Gasteiger partial charge in [-0.1, -0.05) is 25.7 Å². The quantitative estimate of drug-likeness (QED) is 0.722. The lowest BCUT2D eigenvalue weighted by Gasteiger charge is -2.29. The van der Waals surface area contributed by atoms with Gasteiger partial charge < -0.3 is 10.2 Å². The molecule has 0 atom stereocenters. The number of rotatable bonds is 5. The average Bonchev–Trinajstić information content (AvgIpc) is 2.80. The monoisotopic (exact) mass is 224 g/mol. The molecule has 0 aromatic rings. The third kappa shape index (κ3) is 4.06. The fraction of sp³-hybridized carbons (Fsp3) is 1.00. The van der Waals surface area contributed by atoms with Gasteiger partial charge in [-0.3, -0.25) is 0 Å². The van der Waals surface area contributed by atoms with Crippen molar-refractivity contribution in [1.82, 2.24) is 10.2 Å². The van der Waals surface area contributed by atoms with Crippen LogP contribution in [0.5, 0.6) is 0 Å². The van der Waals surface area contributed by atoms with E-state index in [1.165, 1.54) is 71.1 Å². The highest BCUT2D eigenvalue weighted by atomic mass is 15.1. The normalized spacial score (nSPS) is 25.3. The zero-order valence-electron chi connectivity index (χ0n) is 10.9. The Morgan fingerprint density at radius 3 is 2.38 bits per heavy atom. The smallest absolute Gasteiger partial charge is 0.00187 e. The van der Waals surface area contributed by atoms with Crippen molar-refractivity contribution in [2.45, 2.75) is 44.9 Å². The third-order valence-corrected chi connectivity index (χ3v) is 4.48. The van der Waals surface area contributed by atoms with Gasteiger partial charge >= 0.3 is 0 Å². The first-order valence-electron chi connectivity index (χ1n) is 7.24. The zero-order chi connectivity index (χ0) is 11.2. The summed E-state index contributed by atoms with van der Waals surface area (Å²) < 4.78 is 0. The number of nitrogens with zero attached hydrogens (tertiary/aromatic N) is 1. The first kappa shape index (κ1) is 12.4. The van der Waals surface area contributed by atoms with E-state index in [0.717, 1.165) is 11.8 Å². The maximum absolute atomic E-state index is 3.68. The summed E-state index contributed by atoms with van der Waals surface area (Å²) >= 11 is 0. The summed E-state index contributed by atoms with van der Waals surface area (Å²) in [5.74, 6) is 1.99. The van der Waals surface area contributed by atoms with Crippen molar-refractivity contribution >= 4 is 0 Å². The molecule has 2 rings (SSSR count). The molecule has 2 nitrogen and oxygen atoms in total. The molecule has 1 saturated heterocycles. The first-order chi connectivity index (χ1) is 7.84. The molecule has 0 aromatic heterocycles. The molecule has 1 saturated carbocycles. The van der Waals surface area contributed by atoms with E-state index < -0.39 is 0 Å². The largest absolute Gasteiger partial charge is 0.316 e. The van der Waals surface area contributed by atoms with E-state index in [9.17, 15) is 0 Å². The highest BCUT2D eigenvalue weighted by molar-refractivity contribution is 4.73. The van der Waals surface area contributed by atoms with Crippen molar-refractivity contribution in [3.63, 3.8) is 0 Å². The zero-order valence-corrected chi connectivity index (χ0v) is 10.9. The molecule has 1 N–H and O–H groups in total. The minimum atomic E-state index is 0.944. The van der Waals surface area contributed by atoms with Crippen LogP contribution in [-0.4, -0.2) is 38.1 Å². The molecule has 94 valence electrons. The second kappa shape index (κ2) is 6.61. The van der Waals surface area contributed by atoms with Crippen molar-refractivity contribution in [3.8, 4) is 0 Å². The van der Waals surface area contributed by atoms with E-state index >= 15 is 0 Å². The first-order valence-corrected chi connectivity index (χ1v) is 7.24. The Labute approximate surface area is 101 Å². The van der Waals surface area contributed by atoms with E-state index in [4.69, 9.17) is 0 Å². The Bertz CT molecular complexity index is 179. The molecule has 2 fully saturated rings. The number of nitrogens with one attached hydrogen (secondary N) is 1. The van der Waals surface area contributed by atoms with Crippen molar-refractivity contribution in [1.29, 1.82) is 0 Å².